The standard InChI is InChI=1S/C13H25N5/c1-10(2)18(8-12-6-5-7-14-12)9-13-16-15-11(3)17(13)4/h10,12,14H,5-9H2,1-4H3. The van der Waals surface area contributed by atoms with Crippen molar-refractivity contribution in [2.45, 2.75) is 52.2 Å². The second kappa shape index (κ2) is 5.80. The molecule has 0 bridgehead atoms. The van der Waals surface area contributed by atoms with Gasteiger partial charge in [-0.15, -0.1) is 10.2 Å². The summed E-state index contributed by atoms with van der Waals surface area (Å²) in [6.07, 6.45) is 2.60. The Morgan fingerprint density at radius 2 is 2.22 bits per heavy atom. The first-order valence-corrected chi connectivity index (χ1v) is 6.90. The minimum Gasteiger partial charge on any atom is -0.317 e. The number of hydrogen-bond donors (Lipinski definition) is 1. The molecule has 0 spiro atoms. The number of aromatic nitrogens is 3. The summed E-state index contributed by atoms with van der Waals surface area (Å²) in [6, 6.07) is 1.17. The molecular weight excluding hydrogens is 226 g/mol. The highest BCUT2D eigenvalue weighted by Crippen LogP contribution is 2.12. The Morgan fingerprint density at radius 1 is 1.44 bits per heavy atom. The van der Waals surface area contributed by atoms with E-state index < -0.39 is 0 Å². The predicted octanol–water partition coefficient (Wildman–Crippen LogP) is 1.09. The first kappa shape index (κ1) is 13.5. The minimum absolute atomic E-state index is 0.532. The Bertz CT molecular complexity index is 379. The van der Waals surface area contributed by atoms with Crippen molar-refractivity contribution >= 4 is 0 Å². The summed E-state index contributed by atoms with van der Waals surface area (Å²) in [4.78, 5) is 2.48. The molecule has 1 aliphatic heterocycles. The molecule has 1 fully saturated rings. The SMILES string of the molecule is Cc1nnc(CN(CC2CCCN2)C(C)C)n1C. The van der Waals surface area contributed by atoms with E-state index in [0.29, 0.717) is 12.1 Å². The fourth-order valence-electron chi connectivity index (χ4n) is 2.42. The van der Waals surface area contributed by atoms with Crippen molar-refractivity contribution in [3.8, 4) is 0 Å². The highest BCUT2D eigenvalue weighted by molar-refractivity contribution is 4.93. The van der Waals surface area contributed by atoms with Gasteiger partial charge in [-0.3, -0.25) is 4.90 Å². The highest BCUT2D eigenvalue weighted by atomic mass is 15.3. The molecule has 0 amide bonds. The summed E-state index contributed by atoms with van der Waals surface area (Å²) < 4.78 is 2.08. The quantitative estimate of drug-likeness (QED) is 0.851. The van der Waals surface area contributed by atoms with Crippen LogP contribution in [0.4, 0.5) is 0 Å². The van der Waals surface area contributed by atoms with Gasteiger partial charge < -0.3 is 9.88 Å². The van der Waals surface area contributed by atoms with E-state index >= 15 is 0 Å². The maximum atomic E-state index is 4.26. The number of aryl methyl sites for hydroxylation is 1. The third-order valence-electron chi connectivity index (χ3n) is 3.87. The average molecular weight is 251 g/mol. The van der Waals surface area contributed by atoms with E-state index in [1.54, 1.807) is 0 Å². The third-order valence-corrected chi connectivity index (χ3v) is 3.87. The van der Waals surface area contributed by atoms with Crippen molar-refractivity contribution in [2.24, 2.45) is 7.05 Å². The summed E-state index contributed by atoms with van der Waals surface area (Å²) in [5.74, 6) is 2.03. The lowest BCUT2D eigenvalue weighted by Crippen LogP contribution is -2.41. The molecule has 0 aromatic carbocycles. The van der Waals surface area contributed by atoms with Gasteiger partial charge >= 0.3 is 0 Å². The van der Waals surface area contributed by atoms with Crippen LogP contribution in [0.2, 0.25) is 0 Å². The van der Waals surface area contributed by atoms with Gasteiger partial charge in [0.25, 0.3) is 0 Å². The number of nitrogens with zero attached hydrogens (tertiary/aromatic N) is 4. The largest absolute Gasteiger partial charge is 0.317 e. The van der Waals surface area contributed by atoms with Crippen molar-refractivity contribution in [3.63, 3.8) is 0 Å². The summed E-state index contributed by atoms with van der Waals surface area (Å²) >= 11 is 0. The van der Waals surface area contributed by atoms with Crippen LogP contribution in [-0.4, -0.2) is 44.8 Å². The van der Waals surface area contributed by atoms with Crippen LogP contribution in [0, 0.1) is 6.92 Å². The van der Waals surface area contributed by atoms with E-state index in [1.807, 2.05) is 14.0 Å². The molecule has 1 saturated heterocycles. The van der Waals surface area contributed by atoms with Crippen LogP contribution in [0.3, 0.4) is 0 Å². The third kappa shape index (κ3) is 3.09. The Balaban J connectivity index is 1.99. The van der Waals surface area contributed by atoms with Gasteiger partial charge in [0.05, 0.1) is 6.54 Å². The Labute approximate surface area is 110 Å². The van der Waals surface area contributed by atoms with Gasteiger partial charge in [-0.1, -0.05) is 0 Å². The number of rotatable bonds is 5. The lowest BCUT2D eigenvalue weighted by atomic mass is 10.2. The molecule has 0 radical (unpaired) electrons. The van der Waals surface area contributed by atoms with E-state index in [-0.39, 0.29) is 0 Å². The van der Waals surface area contributed by atoms with Crippen LogP contribution >= 0.6 is 0 Å². The molecule has 1 N–H and O–H groups in total. The van der Waals surface area contributed by atoms with Crippen molar-refractivity contribution in [1.29, 1.82) is 0 Å². The second-order valence-electron chi connectivity index (χ2n) is 5.54. The van der Waals surface area contributed by atoms with Crippen LogP contribution in [-0.2, 0) is 13.6 Å². The predicted molar refractivity (Wildman–Crippen MR) is 72.3 cm³/mol. The normalized spacial score (nSPS) is 20.2. The molecule has 1 aliphatic rings. The van der Waals surface area contributed by atoms with Crippen LogP contribution in [0.15, 0.2) is 0 Å². The summed E-state index contributed by atoms with van der Waals surface area (Å²) in [6.45, 7) is 9.64. The number of nitrogens with one attached hydrogen (secondary N) is 1. The Kier molecular flexibility index (Phi) is 4.35. The minimum atomic E-state index is 0.532. The molecule has 102 valence electrons. The van der Waals surface area contributed by atoms with Crippen molar-refractivity contribution in [2.75, 3.05) is 13.1 Å². The van der Waals surface area contributed by atoms with Gasteiger partial charge in [-0.25, -0.2) is 0 Å². The van der Waals surface area contributed by atoms with E-state index in [1.165, 1.54) is 19.4 Å². The first-order valence-electron chi connectivity index (χ1n) is 6.90. The molecule has 0 aliphatic carbocycles. The van der Waals surface area contributed by atoms with Crippen LogP contribution in [0.1, 0.15) is 38.3 Å². The maximum absolute atomic E-state index is 4.26. The van der Waals surface area contributed by atoms with Gasteiger partial charge in [0.15, 0.2) is 0 Å². The molecule has 1 atom stereocenters. The zero-order valence-electron chi connectivity index (χ0n) is 12.0. The highest BCUT2D eigenvalue weighted by Gasteiger charge is 2.21. The van der Waals surface area contributed by atoms with E-state index in [9.17, 15) is 0 Å². The Morgan fingerprint density at radius 3 is 2.72 bits per heavy atom. The zero-order chi connectivity index (χ0) is 13.1. The van der Waals surface area contributed by atoms with Crippen LogP contribution < -0.4 is 5.32 Å². The lowest BCUT2D eigenvalue weighted by molar-refractivity contribution is 0.187. The van der Waals surface area contributed by atoms with Crippen LogP contribution in [0.5, 0.6) is 0 Å². The average Bonchev–Trinajstić information content (AvgIpc) is 2.93. The van der Waals surface area contributed by atoms with Gasteiger partial charge in [-0.05, 0) is 40.2 Å². The zero-order valence-corrected chi connectivity index (χ0v) is 12.0. The summed E-state index contributed by atoms with van der Waals surface area (Å²) in [5.41, 5.74) is 0. The molecule has 1 aromatic heterocycles. The molecule has 0 saturated carbocycles. The fourth-order valence-corrected chi connectivity index (χ4v) is 2.42. The summed E-state index contributed by atoms with van der Waals surface area (Å²) in [7, 11) is 2.04. The van der Waals surface area contributed by atoms with E-state index in [2.05, 4.69) is 38.8 Å². The van der Waals surface area contributed by atoms with Crippen molar-refractivity contribution in [3.05, 3.63) is 11.6 Å². The van der Waals surface area contributed by atoms with E-state index in [0.717, 1.165) is 24.7 Å². The maximum Gasteiger partial charge on any atom is 0.146 e. The fraction of sp³-hybridized carbons (Fsp3) is 0.846. The molecule has 2 heterocycles. The molecule has 5 nitrogen and oxygen atoms in total. The van der Waals surface area contributed by atoms with Gasteiger partial charge in [0.1, 0.15) is 11.6 Å². The molecular formula is C13H25N5. The second-order valence-corrected chi connectivity index (χ2v) is 5.54. The lowest BCUT2D eigenvalue weighted by Gasteiger charge is -2.28. The molecule has 5 heteroatoms. The number of hydrogen-bond acceptors (Lipinski definition) is 4. The smallest absolute Gasteiger partial charge is 0.146 e. The van der Waals surface area contributed by atoms with Gasteiger partial charge in [-0.2, -0.15) is 0 Å². The molecule has 18 heavy (non-hydrogen) atoms. The molecule has 2 rings (SSSR count). The molecule has 1 aromatic rings. The van der Waals surface area contributed by atoms with Crippen LogP contribution in [0.25, 0.3) is 0 Å². The van der Waals surface area contributed by atoms with E-state index in [4.69, 9.17) is 0 Å². The first-order chi connectivity index (χ1) is 8.58. The van der Waals surface area contributed by atoms with Gasteiger partial charge in [0, 0.05) is 25.7 Å². The van der Waals surface area contributed by atoms with Crippen molar-refractivity contribution < 1.29 is 0 Å². The monoisotopic (exact) mass is 251 g/mol. The van der Waals surface area contributed by atoms with Gasteiger partial charge in [0.2, 0.25) is 0 Å². The summed E-state index contributed by atoms with van der Waals surface area (Å²) in [5, 5.41) is 12.0. The van der Waals surface area contributed by atoms with Crippen molar-refractivity contribution in [1.82, 2.24) is 25.0 Å². The topological polar surface area (TPSA) is 46.0 Å². The Hall–Kier alpha value is -0.940. The molecule has 1 unspecified atom stereocenters.